The number of nitrogens with zero attached hydrogens (tertiary/aromatic N) is 3. The summed E-state index contributed by atoms with van der Waals surface area (Å²) in [5.41, 5.74) is 1.64. The predicted molar refractivity (Wildman–Crippen MR) is 124 cm³/mol. The van der Waals surface area contributed by atoms with Crippen LogP contribution in [-0.2, 0) is 20.9 Å². The van der Waals surface area contributed by atoms with Crippen LogP contribution in [0.25, 0.3) is 0 Å². The number of anilines is 2. The van der Waals surface area contributed by atoms with Gasteiger partial charge < -0.3 is 24.4 Å². The van der Waals surface area contributed by atoms with Crippen molar-refractivity contribution in [3.8, 4) is 11.5 Å². The van der Waals surface area contributed by atoms with Crippen molar-refractivity contribution in [1.82, 2.24) is 9.88 Å². The van der Waals surface area contributed by atoms with Crippen LogP contribution in [0.1, 0.15) is 26.0 Å². The number of nitrogens with one attached hydrogen (secondary N) is 1. The minimum Gasteiger partial charge on any atom is -0.486 e. The monoisotopic (exact) mass is 472 g/mol. The van der Waals surface area contributed by atoms with E-state index in [2.05, 4.69) is 29.0 Å². The molecule has 33 heavy (non-hydrogen) atoms. The Morgan fingerprint density at radius 1 is 1.15 bits per heavy atom. The lowest BCUT2D eigenvalue weighted by atomic mass is 10.1. The van der Waals surface area contributed by atoms with E-state index in [1.54, 1.807) is 17.0 Å². The quantitative estimate of drug-likeness (QED) is 0.715. The summed E-state index contributed by atoms with van der Waals surface area (Å²) in [6, 6.07) is 5.43. The molecule has 0 unspecified atom stereocenters. The lowest BCUT2D eigenvalue weighted by molar-refractivity contribution is -0.122. The van der Waals surface area contributed by atoms with Crippen LogP contribution in [0.4, 0.5) is 10.8 Å². The molecule has 2 saturated heterocycles. The molecule has 4 heterocycles. The number of hydrogen-bond acceptors (Lipinski definition) is 8. The van der Waals surface area contributed by atoms with Crippen molar-refractivity contribution in [3.63, 3.8) is 0 Å². The molecule has 3 aliphatic rings. The second-order valence-electron chi connectivity index (χ2n) is 8.82. The molecule has 10 heteroatoms. The molecule has 3 atom stereocenters. The molecule has 2 aromatic rings. The highest BCUT2D eigenvalue weighted by Crippen LogP contribution is 2.36. The number of carbonyl (C=O) groups is 2. The maximum absolute atomic E-state index is 12.9. The smallest absolute Gasteiger partial charge is 0.231 e. The van der Waals surface area contributed by atoms with E-state index in [0.717, 1.165) is 25.3 Å². The normalized spacial score (nSPS) is 25.3. The summed E-state index contributed by atoms with van der Waals surface area (Å²) in [6.07, 6.45) is 0.564. The van der Waals surface area contributed by atoms with Crippen LogP contribution in [0.3, 0.4) is 0 Å². The van der Waals surface area contributed by atoms with Crippen LogP contribution < -0.4 is 19.7 Å². The Labute approximate surface area is 196 Å². The van der Waals surface area contributed by atoms with Crippen molar-refractivity contribution in [2.75, 3.05) is 43.1 Å². The van der Waals surface area contributed by atoms with Gasteiger partial charge in [-0.25, -0.2) is 4.98 Å². The number of amides is 2. The van der Waals surface area contributed by atoms with Crippen LogP contribution >= 0.6 is 11.3 Å². The topological polar surface area (TPSA) is 93.2 Å². The summed E-state index contributed by atoms with van der Waals surface area (Å²) in [7, 11) is 0. The van der Waals surface area contributed by atoms with Crippen molar-refractivity contribution in [2.45, 2.75) is 39.0 Å². The Morgan fingerprint density at radius 3 is 2.70 bits per heavy atom. The SMILES string of the molecule is C[C@@H]1CN(Cc2csc(NC(=O)[C@@H]3CC(=O)N(c4ccc5c(c4)OCCO5)C3)n2)C[C@@H](C)O1. The Balaban J connectivity index is 1.18. The lowest BCUT2D eigenvalue weighted by Crippen LogP contribution is -2.44. The van der Waals surface area contributed by atoms with Gasteiger partial charge >= 0.3 is 0 Å². The van der Waals surface area contributed by atoms with Crippen LogP contribution in [-0.4, -0.2) is 66.8 Å². The van der Waals surface area contributed by atoms with E-state index in [4.69, 9.17) is 14.2 Å². The van der Waals surface area contributed by atoms with E-state index in [1.165, 1.54) is 11.3 Å². The number of hydrogen-bond donors (Lipinski definition) is 1. The second-order valence-corrected chi connectivity index (χ2v) is 9.68. The van der Waals surface area contributed by atoms with E-state index in [1.807, 2.05) is 11.4 Å². The van der Waals surface area contributed by atoms with Gasteiger partial charge in [-0.2, -0.15) is 0 Å². The van der Waals surface area contributed by atoms with E-state index in [9.17, 15) is 9.59 Å². The third kappa shape index (κ3) is 4.97. The fourth-order valence-corrected chi connectivity index (χ4v) is 5.32. The van der Waals surface area contributed by atoms with E-state index >= 15 is 0 Å². The first kappa shape index (κ1) is 22.1. The molecule has 0 saturated carbocycles. The van der Waals surface area contributed by atoms with Crippen LogP contribution in [0.2, 0.25) is 0 Å². The fourth-order valence-electron chi connectivity index (χ4n) is 4.62. The van der Waals surface area contributed by atoms with Crippen molar-refractivity contribution < 1.29 is 23.8 Å². The number of thiazole rings is 1. The van der Waals surface area contributed by atoms with Crippen molar-refractivity contribution >= 4 is 34.0 Å². The summed E-state index contributed by atoms with van der Waals surface area (Å²) in [6.45, 7) is 7.93. The van der Waals surface area contributed by atoms with Crippen molar-refractivity contribution in [1.29, 1.82) is 0 Å². The van der Waals surface area contributed by atoms with Gasteiger partial charge in [0.25, 0.3) is 0 Å². The fraction of sp³-hybridized carbons (Fsp3) is 0.522. The average molecular weight is 473 g/mol. The second kappa shape index (κ2) is 9.28. The molecule has 0 radical (unpaired) electrons. The predicted octanol–water partition coefficient (Wildman–Crippen LogP) is 2.52. The van der Waals surface area contributed by atoms with E-state index in [0.29, 0.717) is 42.1 Å². The molecule has 1 aromatic carbocycles. The molecular weight excluding hydrogens is 444 g/mol. The van der Waals surface area contributed by atoms with Gasteiger partial charge in [-0.05, 0) is 26.0 Å². The molecule has 176 valence electrons. The largest absolute Gasteiger partial charge is 0.486 e. The van der Waals surface area contributed by atoms with E-state index < -0.39 is 5.92 Å². The van der Waals surface area contributed by atoms with Gasteiger partial charge in [0.15, 0.2) is 16.6 Å². The maximum atomic E-state index is 12.9. The third-order valence-corrected chi connectivity index (χ3v) is 6.80. The average Bonchev–Trinajstić information content (AvgIpc) is 3.39. The molecule has 9 nitrogen and oxygen atoms in total. The number of aromatic nitrogens is 1. The van der Waals surface area contributed by atoms with Gasteiger partial charge in [0.2, 0.25) is 11.8 Å². The molecule has 5 rings (SSSR count). The van der Waals surface area contributed by atoms with Gasteiger partial charge in [0.05, 0.1) is 23.8 Å². The zero-order chi connectivity index (χ0) is 22.9. The standard InChI is InChI=1S/C23H28N4O5S/c1-14-9-26(10-15(2)32-14)12-17-13-33-23(24-17)25-22(29)16-7-21(28)27(11-16)18-3-4-19-20(8-18)31-6-5-30-19/h3-4,8,13-16H,5-7,9-12H2,1-2H3,(H,24,25,29)/t14-,15-,16-/m1/s1. The highest BCUT2D eigenvalue weighted by atomic mass is 32.1. The van der Waals surface area contributed by atoms with Crippen molar-refractivity contribution in [2.24, 2.45) is 5.92 Å². The first-order valence-corrected chi connectivity index (χ1v) is 12.2. The minimum atomic E-state index is -0.431. The number of ether oxygens (including phenoxy) is 3. The summed E-state index contributed by atoms with van der Waals surface area (Å²) >= 11 is 1.41. The molecule has 3 aliphatic heterocycles. The van der Waals surface area contributed by atoms with Crippen LogP contribution in [0.15, 0.2) is 23.6 Å². The Hall–Kier alpha value is -2.69. The van der Waals surface area contributed by atoms with Gasteiger partial charge in [-0.1, -0.05) is 0 Å². The molecule has 2 amide bonds. The number of benzene rings is 1. The minimum absolute atomic E-state index is 0.0813. The Bertz CT molecular complexity index is 1030. The molecule has 1 N–H and O–H groups in total. The van der Waals surface area contributed by atoms with E-state index in [-0.39, 0.29) is 30.4 Å². The first-order chi connectivity index (χ1) is 15.9. The zero-order valence-electron chi connectivity index (χ0n) is 18.8. The molecular formula is C23H28N4O5S. The number of carbonyl (C=O) groups excluding carboxylic acids is 2. The summed E-state index contributed by atoms with van der Waals surface area (Å²) in [5, 5.41) is 5.44. The number of rotatable bonds is 5. The van der Waals surface area contributed by atoms with Gasteiger partial charge in [0.1, 0.15) is 13.2 Å². The number of morpholine rings is 1. The van der Waals surface area contributed by atoms with Gasteiger partial charge in [0, 0.05) is 49.7 Å². The molecule has 1 aromatic heterocycles. The third-order valence-electron chi connectivity index (χ3n) is 6.00. The molecule has 0 spiro atoms. The summed E-state index contributed by atoms with van der Waals surface area (Å²) in [4.78, 5) is 34.0. The molecule has 2 fully saturated rings. The zero-order valence-corrected chi connectivity index (χ0v) is 19.6. The van der Waals surface area contributed by atoms with Crippen LogP contribution in [0, 0.1) is 5.92 Å². The summed E-state index contributed by atoms with van der Waals surface area (Å²) < 4.78 is 17.0. The Morgan fingerprint density at radius 2 is 1.91 bits per heavy atom. The van der Waals surface area contributed by atoms with Crippen LogP contribution in [0.5, 0.6) is 11.5 Å². The lowest BCUT2D eigenvalue weighted by Gasteiger charge is -2.34. The highest BCUT2D eigenvalue weighted by Gasteiger charge is 2.36. The summed E-state index contributed by atoms with van der Waals surface area (Å²) in [5.74, 6) is 0.601. The molecule has 0 bridgehead atoms. The molecule has 0 aliphatic carbocycles. The van der Waals surface area contributed by atoms with Gasteiger partial charge in [-0.15, -0.1) is 11.3 Å². The Kier molecular flexibility index (Phi) is 6.22. The first-order valence-electron chi connectivity index (χ1n) is 11.3. The number of fused-ring (bicyclic) bond motifs is 1. The van der Waals surface area contributed by atoms with Crippen molar-refractivity contribution in [3.05, 3.63) is 29.3 Å². The maximum Gasteiger partial charge on any atom is 0.231 e. The highest BCUT2D eigenvalue weighted by molar-refractivity contribution is 7.13. The van der Waals surface area contributed by atoms with Gasteiger partial charge in [-0.3, -0.25) is 14.5 Å².